The number of rotatable bonds is 2. The number of hydrogen-bond acceptors (Lipinski definition) is 5. The number of aromatic hydroxyl groups is 1. The first-order valence-electron chi connectivity index (χ1n) is 4.81. The van der Waals surface area contributed by atoms with Gasteiger partial charge in [0.1, 0.15) is 10.6 Å². The molecule has 0 bridgehead atoms. The summed E-state index contributed by atoms with van der Waals surface area (Å²) >= 11 is 0. The van der Waals surface area contributed by atoms with Crippen LogP contribution in [0.15, 0.2) is 40.1 Å². The van der Waals surface area contributed by atoms with Gasteiger partial charge in [-0.05, 0) is 17.5 Å². The Morgan fingerprint density at radius 1 is 0.905 bits per heavy atom. The maximum Gasteiger partial charge on any atom is 1.00 e. The van der Waals surface area contributed by atoms with E-state index in [1.165, 1.54) is 12.1 Å². The van der Waals surface area contributed by atoms with Gasteiger partial charge < -0.3 is 7.96 Å². The Morgan fingerprint density at radius 2 is 1.48 bits per heavy atom. The van der Waals surface area contributed by atoms with Crippen molar-refractivity contribution in [2.75, 3.05) is 0 Å². The molecule has 21 heavy (non-hydrogen) atoms. The monoisotopic (exact) mass is 352 g/mol. The Hall–Kier alpha value is 0.320. The van der Waals surface area contributed by atoms with Crippen molar-refractivity contribution in [1.29, 1.82) is 0 Å². The average Bonchev–Trinajstić information content (AvgIpc) is 2.25. The molecule has 7 nitrogen and oxygen atoms in total. The molecule has 0 amide bonds. The predicted molar refractivity (Wildman–Crippen MR) is 67.5 cm³/mol. The summed E-state index contributed by atoms with van der Waals surface area (Å²) in [5.41, 5.74) is 0. The third kappa shape index (κ3) is 4.64. The van der Waals surface area contributed by atoms with Crippen LogP contribution in [0.25, 0.3) is 10.8 Å². The molecule has 0 heterocycles. The minimum atomic E-state index is -4.57. The molecule has 11 heteroatoms. The molecule has 0 aromatic heterocycles. The number of benzene rings is 2. The van der Waals surface area contributed by atoms with Gasteiger partial charge in [-0.2, -0.15) is 16.8 Å². The normalized spacial score (nSPS) is 11.5. The fourth-order valence-electron chi connectivity index (χ4n) is 1.71. The number of hydrogen-bond donors (Lipinski definition) is 3. The third-order valence-electron chi connectivity index (χ3n) is 2.47. The standard InChI is InChI=1S/C10H8O7S2.2Na.2H/c11-8-5-7(18(12,13)14)4-6-2-1-3-9(10(6)8)19(15,16)17;;;;/h1-5,11H,(H,12,13,14)(H,15,16,17);;;;/q;2*+1;2*-1. The second-order valence-electron chi connectivity index (χ2n) is 3.75. The van der Waals surface area contributed by atoms with E-state index >= 15 is 0 Å². The maximum absolute atomic E-state index is 11.2. The molecule has 106 valence electrons. The van der Waals surface area contributed by atoms with E-state index in [0.717, 1.165) is 12.1 Å². The third-order valence-corrected chi connectivity index (χ3v) is 4.19. The molecule has 3 N–H and O–H groups in total. The zero-order valence-electron chi connectivity index (χ0n) is 13.2. The molecule has 2 aromatic rings. The minimum absolute atomic E-state index is 0. The molecule has 0 aliphatic rings. The molecule has 2 rings (SSSR count). The van der Waals surface area contributed by atoms with Gasteiger partial charge in [0.25, 0.3) is 20.2 Å². The van der Waals surface area contributed by atoms with E-state index in [0.29, 0.717) is 6.07 Å². The van der Waals surface area contributed by atoms with Crippen LogP contribution in [0.4, 0.5) is 0 Å². The molecule has 0 spiro atoms. The first-order valence-corrected chi connectivity index (χ1v) is 7.69. The zero-order chi connectivity index (χ0) is 14.4. The van der Waals surface area contributed by atoms with Crippen molar-refractivity contribution < 1.29 is 93.0 Å². The summed E-state index contributed by atoms with van der Waals surface area (Å²) in [6.45, 7) is 0. The minimum Gasteiger partial charge on any atom is -1.00 e. The average molecular weight is 352 g/mol. The van der Waals surface area contributed by atoms with Gasteiger partial charge in [-0.15, -0.1) is 0 Å². The molecule has 0 aliphatic carbocycles. The fraction of sp³-hybridized carbons (Fsp3) is 0. The Morgan fingerprint density at radius 3 is 1.95 bits per heavy atom. The van der Waals surface area contributed by atoms with E-state index in [1.54, 1.807) is 0 Å². The first kappa shape index (κ1) is 21.3. The van der Waals surface area contributed by atoms with E-state index in [2.05, 4.69) is 0 Å². The van der Waals surface area contributed by atoms with Crippen molar-refractivity contribution in [3.63, 3.8) is 0 Å². The number of fused-ring (bicyclic) bond motifs is 1. The van der Waals surface area contributed by atoms with Crippen molar-refractivity contribution in [2.45, 2.75) is 9.79 Å². The SMILES string of the molecule is O=S(=O)(O)c1cc(O)c2c(S(=O)(=O)O)cccc2c1.[H-].[H-].[Na+].[Na+]. The largest absolute Gasteiger partial charge is 1.00 e. The predicted octanol–water partition coefficient (Wildman–Crippen LogP) is -4.73. The molecule has 0 radical (unpaired) electrons. The van der Waals surface area contributed by atoms with Crippen molar-refractivity contribution in [1.82, 2.24) is 0 Å². The Bertz CT molecular complexity index is 885. The summed E-state index contributed by atoms with van der Waals surface area (Å²) in [6, 6.07) is 5.34. The van der Waals surface area contributed by atoms with E-state index in [1.807, 2.05) is 0 Å². The number of phenols is 1. The van der Waals surface area contributed by atoms with E-state index < -0.39 is 35.8 Å². The summed E-state index contributed by atoms with van der Waals surface area (Å²) < 4.78 is 62.2. The van der Waals surface area contributed by atoms with Gasteiger partial charge in [0.05, 0.1) is 4.90 Å². The van der Waals surface area contributed by atoms with Crippen LogP contribution in [-0.4, -0.2) is 31.0 Å². The Kier molecular flexibility index (Phi) is 7.37. The van der Waals surface area contributed by atoms with Gasteiger partial charge >= 0.3 is 59.1 Å². The molecule has 0 unspecified atom stereocenters. The van der Waals surface area contributed by atoms with Crippen LogP contribution in [0.1, 0.15) is 2.85 Å². The van der Waals surface area contributed by atoms with E-state index in [4.69, 9.17) is 9.11 Å². The van der Waals surface area contributed by atoms with Crippen LogP contribution in [0, 0.1) is 0 Å². The molecule has 0 aliphatic heterocycles. The van der Waals surface area contributed by atoms with Gasteiger partial charge in [0.2, 0.25) is 0 Å². The maximum atomic E-state index is 11.2. The van der Waals surface area contributed by atoms with Crippen LogP contribution in [0.2, 0.25) is 0 Å². The zero-order valence-corrected chi connectivity index (χ0v) is 16.8. The van der Waals surface area contributed by atoms with Crippen LogP contribution < -0.4 is 59.1 Å². The summed E-state index contributed by atoms with van der Waals surface area (Å²) in [6.07, 6.45) is 0. The second kappa shape index (κ2) is 7.26. The quantitative estimate of drug-likeness (QED) is 0.366. The van der Waals surface area contributed by atoms with Gasteiger partial charge in [0.15, 0.2) is 0 Å². The second-order valence-corrected chi connectivity index (χ2v) is 6.56. The first-order chi connectivity index (χ1) is 8.60. The van der Waals surface area contributed by atoms with Crippen LogP contribution in [-0.2, 0) is 20.2 Å². The summed E-state index contributed by atoms with van der Waals surface area (Å²) in [5, 5.41) is 9.53. The van der Waals surface area contributed by atoms with E-state index in [-0.39, 0.29) is 72.7 Å². The Balaban J connectivity index is -0.000001000. The molecule has 2 aromatic carbocycles. The molecular weight excluding hydrogens is 342 g/mol. The summed E-state index contributed by atoms with van der Waals surface area (Å²) in [7, 11) is -9.11. The molecule has 0 fully saturated rings. The smallest absolute Gasteiger partial charge is 1.00 e. The summed E-state index contributed by atoms with van der Waals surface area (Å²) in [4.78, 5) is -1.13. The topological polar surface area (TPSA) is 129 Å². The molecule has 0 atom stereocenters. The molecular formula is C10H10Na2O7S2. The fourth-order valence-corrected chi connectivity index (χ4v) is 2.98. The Labute approximate surface area is 168 Å². The van der Waals surface area contributed by atoms with Gasteiger partial charge in [-0.1, -0.05) is 12.1 Å². The van der Waals surface area contributed by atoms with Gasteiger partial charge in [-0.25, -0.2) is 0 Å². The van der Waals surface area contributed by atoms with Crippen LogP contribution in [0.5, 0.6) is 5.75 Å². The summed E-state index contributed by atoms with van der Waals surface area (Å²) in [5.74, 6) is -0.682. The van der Waals surface area contributed by atoms with Gasteiger partial charge in [-0.3, -0.25) is 9.11 Å². The van der Waals surface area contributed by atoms with Gasteiger partial charge in [0, 0.05) is 11.5 Å². The van der Waals surface area contributed by atoms with Crippen LogP contribution in [0.3, 0.4) is 0 Å². The van der Waals surface area contributed by atoms with Crippen molar-refractivity contribution in [2.24, 2.45) is 0 Å². The molecule has 0 saturated heterocycles. The van der Waals surface area contributed by atoms with E-state index in [9.17, 15) is 21.9 Å². The number of phenolic OH excluding ortho intramolecular Hbond substituents is 1. The van der Waals surface area contributed by atoms with Crippen molar-refractivity contribution >= 4 is 31.0 Å². The van der Waals surface area contributed by atoms with Crippen molar-refractivity contribution in [3.8, 4) is 5.75 Å². The van der Waals surface area contributed by atoms with Crippen molar-refractivity contribution in [3.05, 3.63) is 30.3 Å². The van der Waals surface area contributed by atoms with Crippen LogP contribution >= 0.6 is 0 Å². The molecule has 0 saturated carbocycles.